The molecule has 182 valence electrons. The van der Waals surface area contributed by atoms with Gasteiger partial charge in [0, 0.05) is 55.1 Å². The van der Waals surface area contributed by atoms with E-state index < -0.39 is 0 Å². The number of anilines is 1. The van der Waals surface area contributed by atoms with Crippen molar-refractivity contribution in [1.29, 1.82) is 0 Å². The number of hydrogen-bond donors (Lipinski definition) is 1. The topological polar surface area (TPSA) is 90.5 Å². The Bertz CT molecular complexity index is 1350. The normalized spacial score (nSPS) is 19.5. The fraction of sp³-hybridized carbons (Fsp3) is 0.440. The van der Waals surface area contributed by atoms with E-state index in [1.807, 2.05) is 30.3 Å². The van der Waals surface area contributed by atoms with Crippen LogP contribution in [0.1, 0.15) is 17.7 Å². The van der Waals surface area contributed by atoms with Crippen LogP contribution in [-0.2, 0) is 16.1 Å². The number of H-pyrrole nitrogens is 1. The summed E-state index contributed by atoms with van der Waals surface area (Å²) in [6, 6.07) is 8.59. The summed E-state index contributed by atoms with van der Waals surface area (Å²) in [4.78, 5) is 29.2. The minimum Gasteiger partial charge on any atom is -0.378 e. The zero-order chi connectivity index (χ0) is 23.8. The minimum atomic E-state index is 0.279. The third-order valence-electron chi connectivity index (χ3n) is 7.04. The van der Waals surface area contributed by atoms with Gasteiger partial charge in [0.1, 0.15) is 0 Å². The number of likely N-dealkylation sites (N-methyl/N-ethyl adjacent to an activating group) is 1. The number of amides is 1. The minimum absolute atomic E-state index is 0.279. The van der Waals surface area contributed by atoms with Crippen LogP contribution in [0.4, 0.5) is 5.82 Å². The Morgan fingerprint density at radius 3 is 3.00 bits per heavy atom. The van der Waals surface area contributed by atoms with Crippen molar-refractivity contribution in [1.82, 2.24) is 30.0 Å². The second-order valence-electron chi connectivity index (χ2n) is 9.34. The number of morpholine rings is 1. The van der Waals surface area contributed by atoms with Crippen LogP contribution in [0.3, 0.4) is 0 Å². The maximum Gasteiger partial charge on any atom is 0.209 e. The van der Waals surface area contributed by atoms with Crippen LogP contribution in [0, 0.1) is 0 Å². The first-order chi connectivity index (χ1) is 17.2. The summed E-state index contributed by atoms with van der Waals surface area (Å²) >= 11 is 1.78. The van der Waals surface area contributed by atoms with Gasteiger partial charge in [-0.15, -0.1) is 11.3 Å². The molecule has 2 aliphatic heterocycles. The van der Waals surface area contributed by atoms with Crippen LogP contribution in [0.25, 0.3) is 32.5 Å². The molecule has 6 rings (SSSR count). The number of rotatable bonds is 6. The molecule has 0 saturated carbocycles. The first-order valence-electron chi connectivity index (χ1n) is 12.1. The number of benzene rings is 1. The molecule has 10 heteroatoms. The molecule has 1 aromatic carbocycles. The van der Waals surface area contributed by atoms with Crippen LogP contribution in [-0.4, -0.2) is 88.9 Å². The number of fused-ring (bicyclic) bond motifs is 2. The molecule has 2 fully saturated rings. The van der Waals surface area contributed by atoms with Crippen LogP contribution in [0.2, 0.25) is 0 Å². The molecule has 2 saturated heterocycles. The standard InChI is InChI=1S/C25H29N7O2S/c1-30(16-33)17-4-3-7-31(14-17)15-18-12-22-23(35-18)25(32-8-10-34-11-9-32)28-24(27-22)19-5-2-6-21-20(19)13-26-29-21/h2,5-6,12-13,16-17H,3-4,7-11,14-15H2,1H3,(H,26,29). The van der Waals surface area contributed by atoms with E-state index >= 15 is 0 Å². The molecule has 0 radical (unpaired) electrons. The Hall–Kier alpha value is -3.08. The summed E-state index contributed by atoms with van der Waals surface area (Å²) in [7, 11) is 1.88. The molecule has 35 heavy (non-hydrogen) atoms. The molecule has 5 heterocycles. The number of carbonyl (C=O) groups is 1. The highest BCUT2D eigenvalue weighted by molar-refractivity contribution is 7.19. The summed E-state index contributed by atoms with van der Waals surface area (Å²) in [6.45, 7) is 5.86. The third-order valence-corrected chi connectivity index (χ3v) is 8.15. The fourth-order valence-electron chi connectivity index (χ4n) is 5.13. The zero-order valence-electron chi connectivity index (χ0n) is 19.8. The SMILES string of the molecule is CN(C=O)C1CCCN(Cc2cc3nc(-c4cccc5[nH]ncc45)nc(N4CCOCC4)c3s2)C1. The number of thiophene rings is 1. The van der Waals surface area contributed by atoms with Crippen molar-refractivity contribution in [2.24, 2.45) is 0 Å². The largest absolute Gasteiger partial charge is 0.378 e. The predicted molar refractivity (Wildman–Crippen MR) is 138 cm³/mol. The highest BCUT2D eigenvalue weighted by Crippen LogP contribution is 2.36. The summed E-state index contributed by atoms with van der Waals surface area (Å²) in [6.07, 6.45) is 4.95. The predicted octanol–water partition coefficient (Wildman–Crippen LogP) is 3.12. The maximum atomic E-state index is 11.3. The van der Waals surface area contributed by atoms with E-state index in [-0.39, 0.29) is 6.04 Å². The Morgan fingerprint density at radius 1 is 1.26 bits per heavy atom. The molecule has 2 aliphatic rings. The third kappa shape index (κ3) is 4.37. The number of nitrogens with one attached hydrogen (secondary N) is 1. The summed E-state index contributed by atoms with van der Waals surface area (Å²) in [5, 5.41) is 8.29. The van der Waals surface area contributed by atoms with Gasteiger partial charge in [-0.05, 0) is 31.5 Å². The summed E-state index contributed by atoms with van der Waals surface area (Å²) in [5.74, 6) is 1.71. The van der Waals surface area contributed by atoms with E-state index in [2.05, 4.69) is 32.1 Å². The van der Waals surface area contributed by atoms with Gasteiger partial charge < -0.3 is 14.5 Å². The van der Waals surface area contributed by atoms with E-state index in [9.17, 15) is 4.79 Å². The molecule has 1 atom stereocenters. The number of carbonyl (C=O) groups excluding carboxylic acids is 1. The first kappa shape index (κ1) is 22.4. The summed E-state index contributed by atoms with van der Waals surface area (Å²) < 4.78 is 6.74. The van der Waals surface area contributed by atoms with Gasteiger partial charge in [-0.1, -0.05) is 12.1 Å². The molecular weight excluding hydrogens is 462 g/mol. The van der Waals surface area contributed by atoms with Crippen LogP contribution in [0.5, 0.6) is 0 Å². The lowest BCUT2D eigenvalue weighted by atomic mass is 10.0. The second-order valence-corrected chi connectivity index (χ2v) is 10.5. The quantitative estimate of drug-likeness (QED) is 0.415. The maximum absolute atomic E-state index is 11.3. The molecular formula is C25H29N7O2S. The van der Waals surface area contributed by atoms with E-state index in [1.54, 1.807) is 11.3 Å². The second kappa shape index (κ2) is 9.52. The molecule has 0 bridgehead atoms. The Kier molecular flexibility index (Phi) is 6.09. The fourth-order valence-corrected chi connectivity index (χ4v) is 6.28. The van der Waals surface area contributed by atoms with Crippen molar-refractivity contribution in [3.05, 3.63) is 35.3 Å². The van der Waals surface area contributed by atoms with Gasteiger partial charge in [0.15, 0.2) is 11.6 Å². The monoisotopic (exact) mass is 491 g/mol. The van der Waals surface area contributed by atoms with E-state index in [1.165, 1.54) is 4.88 Å². The van der Waals surface area contributed by atoms with Crippen molar-refractivity contribution in [2.45, 2.75) is 25.4 Å². The van der Waals surface area contributed by atoms with Crippen molar-refractivity contribution in [3.8, 4) is 11.4 Å². The van der Waals surface area contributed by atoms with Gasteiger partial charge in [0.05, 0.1) is 35.1 Å². The lowest BCUT2D eigenvalue weighted by molar-refractivity contribution is -0.119. The Morgan fingerprint density at radius 2 is 2.14 bits per heavy atom. The van der Waals surface area contributed by atoms with Gasteiger partial charge >= 0.3 is 0 Å². The number of hydrogen-bond acceptors (Lipinski definition) is 8. The van der Waals surface area contributed by atoms with Gasteiger partial charge in [0.25, 0.3) is 0 Å². The average Bonchev–Trinajstić information content (AvgIpc) is 3.55. The first-order valence-corrected chi connectivity index (χ1v) is 13.0. The number of aromatic amines is 1. The lowest BCUT2D eigenvalue weighted by Crippen LogP contribution is -2.45. The lowest BCUT2D eigenvalue weighted by Gasteiger charge is -2.35. The van der Waals surface area contributed by atoms with E-state index in [0.717, 1.165) is 90.3 Å². The zero-order valence-corrected chi connectivity index (χ0v) is 20.6. The van der Waals surface area contributed by atoms with Crippen LogP contribution in [0.15, 0.2) is 30.5 Å². The van der Waals surface area contributed by atoms with Crippen LogP contribution < -0.4 is 4.90 Å². The van der Waals surface area contributed by atoms with Crippen LogP contribution >= 0.6 is 11.3 Å². The number of aromatic nitrogens is 4. The molecule has 1 amide bonds. The number of ether oxygens (including phenoxy) is 1. The average molecular weight is 492 g/mol. The molecule has 0 aliphatic carbocycles. The Balaban J connectivity index is 1.38. The van der Waals surface area contributed by atoms with E-state index in [0.29, 0.717) is 13.2 Å². The number of likely N-dealkylation sites (tertiary alicyclic amines) is 1. The molecule has 0 spiro atoms. The molecule has 1 unspecified atom stereocenters. The van der Waals surface area contributed by atoms with Crippen molar-refractivity contribution in [2.75, 3.05) is 51.3 Å². The summed E-state index contributed by atoms with van der Waals surface area (Å²) in [5.41, 5.74) is 2.94. The van der Waals surface area contributed by atoms with Gasteiger partial charge in [-0.3, -0.25) is 14.8 Å². The van der Waals surface area contributed by atoms with Gasteiger partial charge in [-0.25, -0.2) is 9.97 Å². The van der Waals surface area contributed by atoms with Gasteiger partial charge in [-0.2, -0.15) is 5.10 Å². The van der Waals surface area contributed by atoms with Crippen molar-refractivity contribution >= 4 is 44.7 Å². The smallest absolute Gasteiger partial charge is 0.209 e. The number of piperidine rings is 1. The highest BCUT2D eigenvalue weighted by Gasteiger charge is 2.25. The molecule has 1 N–H and O–H groups in total. The van der Waals surface area contributed by atoms with E-state index in [4.69, 9.17) is 14.7 Å². The number of nitrogens with zero attached hydrogens (tertiary/aromatic N) is 6. The molecule has 9 nitrogen and oxygen atoms in total. The van der Waals surface area contributed by atoms with Crippen molar-refractivity contribution in [3.63, 3.8) is 0 Å². The Labute approximate surface area is 207 Å². The highest BCUT2D eigenvalue weighted by atomic mass is 32.1. The molecule has 3 aromatic heterocycles. The molecule has 4 aromatic rings. The van der Waals surface area contributed by atoms with Gasteiger partial charge in [0.2, 0.25) is 6.41 Å². The van der Waals surface area contributed by atoms with Crippen molar-refractivity contribution < 1.29 is 9.53 Å².